The van der Waals surface area contributed by atoms with Crippen LogP contribution in [0.25, 0.3) is 0 Å². The summed E-state index contributed by atoms with van der Waals surface area (Å²) in [6.45, 7) is -0.424. The highest BCUT2D eigenvalue weighted by molar-refractivity contribution is 6.30. The highest BCUT2D eigenvalue weighted by Gasteiger charge is 2.24. The molecule has 2 atom stereocenters. The van der Waals surface area contributed by atoms with Gasteiger partial charge in [-0.2, -0.15) is 0 Å². The van der Waals surface area contributed by atoms with Crippen LogP contribution in [0, 0.1) is 0 Å². The molecule has 4 nitrogen and oxygen atoms in total. The number of para-hydroxylation sites is 2. The van der Waals surface area contributed by atoms with E-state index in [0.717, 1.165) is 0 Å². The molecular weight excluding hydrogens is 292 g/mol. The number of aliphatic hydroxyl groups is 2. The minimum absolute atomic E-state index is 0.424. The van der Waals surface area contributed by atoms with Gasteiger partial charge < -0.3 is 19.7 Å². The Kier molecular flexibility index (Phi) is 5.44. The van der Waals surface area contributed by atoms with E-state index in [1.54, 1.807) is 49.6 Å². The molecule has 0 bridgehead atoms. The van der Waals surface area contributed by atoms with Gasteiger partial charge in [0.05, 0.1) is 13.7 Å². The van der Waals surface area contributed by atoms with Crippen LogP contribution in [-0.4, -0.2) is 30.0 Å². The molecule has 0 radical (unpaired) electrons. The molecule has 0 fully saturated rings. The number of hydrogen-bond acceptors (Lipinski definition) is 4. The van der Waals surface area contributed by atoms with Crippen LogP contribution in [0.1, 0.15) is 11.7 Å². The third-order valence-electron chi connectivity index (χ3n) is 3.04. The molecule has 2 unspecified atom stereocenters. The van der Waals surface area contributed by atoms with Crippen LogP contribution in [0.5, 0.6) is 11.5 Å². The van der Waals surface area contributed by atoms with Crippen molar-refractivity contribution < 1.29 is 19.7 Å². The molecule has 112 valence electrons. The summed E-state index contributed by atoms with van der Waals surface area (Å²) in [7, 11) is 1.54. The minimum Gasteiger partial charge on any atom is -0.493 e. The fourth-order valence-corrected chi connectivity index (χ4v) is 2.20. The summed E-state index contributed by atoms with van der Waals surface area (Å²) in [5.74, 6) is 1.03. The van der Waals surface area contributed by atoms with Crippen molar-refractivity contribution >= 4 is 11.6 Å². The van der Waals surface area contributed by atoms with Crippen molar-refractivity contribution in [3.8, 4) is 11.5 Å². The normalized spacial score (nSPS) is 13.5. The van der Waals surface area contributed by atoms with E-state index in [1.807, 2.05) is 6.07 Å². The summed E-state index contributed by atoms with van der Waals surface area (Å²) < 4.78 is 11.1. The summed E-state index contributed by atoms with van der Waals surface area (Å²) in [6, 6.07) is 14.1. The highest BCUT2D eigenvalue weighted by Crippen LogP contribution is 2.32. The molecule has 0 aliphatic rings. The fraction of sp³-hybridized carbons (Fsp3) is 0.250. The molecule has 2 aromatic rings. The average molecular weight is 309 g/mol. The molecule has 5 heteroatoms. The quantitative estimate of drug-likeness (QED) is 0.861. The van der Waals surface area contributed by atoms with Crippen molar-refractivity contribution in [1.82, 2.24) is 0 Å². The van der Waals surface area contributed by atoms with Crippen LogP contribution in [0.15, 0.2) is 48.5 Å². The van der Waals surface area contributed by atoms with Crippen LogP contribution in [0.3, 0.4) is 0 Å². The zero-order valence-electron chi connectivity index (χ0n) is 11.6. The van der Waals surface area contributed by atoms with Crippen molar-refractivity contribution in [2.75, 3.05) is 13.7 Å². The lowest BCUT2D eigenvalue weighted by Gasteiger charge is -2.24. The molecule has 0 aliphatic heterocycles. The van der Waals surface area contributed by atoms with Gasteiger partial charge in [0.15, 0.2) is 17.6 Å². The van der Waals surface area contributed by atoms with Gasteiger partial charge in [0.1, 0.15) is 6.10 Å². The summed E-state index contributed by atoms with van der Waals surface area (Å²) in [6.07, 6.45) is -1.82. The second-order valence-electron chi connectivity index (χ2n) is 4.49. The lowest BCUT2D eigenvalue weighted by atomic mass is 10.0. The van der Waals surface area contributed by atoms with Crippen LogP contribution in [0.4, 0.5) is 0 Å². The van der Waals surface area contributed by atoms with Gasteiger partial charge >= 0.3 is 0 Å². The first-order valence-electron chi connectivity index (χ1n) is 6.49. The van der Waals surface area contributed by atoms with E-state index in [-0.39, 0.29) is 0 Å². The second-order valence-corrected chi connectivity index (χ2v) is 4.93. The first kappa shape index (κ1) is 15.6. The van der Waals surface area contributed by atoms with Gasteiger partial charge in [-0.15, -0.1) is 0 Å². The van der Waals surface area contributed by atoms with Crippen LogP contribution < -0.4 is 9.47 Å². The number of ether oxygens (including phenoxy) is 2. The molecule has 0 aromatic heterocycles. The van der Waals surface area contributed by atoms with Gasteiger partial charge in [-0.1, -0.05) is 35.9 Å². The Bertz CT molecular complexity index is 588. The Morgan fingerprint density at radius 2 is 1.81 bits per heavy atom. The van der Waals surface area contributed by atoms with Crippen LogP contribution >= 0.6 is 11.6 Å². The van der Waals surface area contributed by atoms with E-state index in [4.69, 9.17) is 21.1 Å². The van der Waals surface area contributed by atoms with E-state index in [0.29, 0.717) is 22.1 Å². The molecule has 21 heavy (non-hydrogen) atoms. The van der Waals surface area contributed by atoms with Crippen molar-refractivity contribution in [1.29, 1.82) is 0 Å². The maximum Gasteiger partial charge on any atom is 0.162 e. The predicted octanol–water partition coefficient (Wildman–Crippen LogP) is 2.82. The smallest absolute Gasteiger partial charge is 0.162 e. The molecule has 2 rings (SSSR count). The maximum absolute atomic E-state index is 10.0. The number of benzene rings is 2. The third kappa shape index (κ3) is 3.88. The fourth-order valence-electron chi connectivity index (χ4n) is 2.00. The van der Waals surface area contributed by atoms with E-state index in [1.165, 1.54) is 0 Å². The molecule has 0 aliphatic carbocycles. The number of halogens is 1. The van der Waals surface area contributed by atoms with E-state index in [9.17, 15) is 10.2 Å². The van der Waals surface area contributed by atoms with Gasteiger partial charge in [0.2, 0.25) is 0 Å². The molecule has 2 aromatic carbocycles. The van der Waals surface area contributed by atoms with Crippen molar-refractivity contribution in [3.63, 3.8) is 0 Å². The van der Waals surface area contributed by atoms with Gasteiger partial charge in [0, 0.05) is 5.02 Å². The largest absolute Gasteiger partial charge is 0.493 e. The molecule has 0 saturated heterocycles. The average Bonchev–Trinajstić information content (AvgIpc) is 2.52. The van der Waals surface area contributed by atoms with Crippen LogP contribution in [0.2, 0.25) is 5.02 Å². The predicted molar refractivity (Wildman–Crippen MR) is 80.9 cm³/mol. The van der Waals surface area contributed by atoms with Crippen molar-refractivity contribution in [2.24, 2.45) is 0 Å². The first-order valence-corrected chi connectivity index (χ1v) is 6.87. The van der Waals surface area contributed by atoms with Gasteiger partial charge in [-0.05, 0) is 29.8 Å². The molecule has 2 N–H and O–H groups in total. The SMILES string of the molecule is COc1ccccc1OC(c1cccc(Cl)c1)C(O)CO. The van der Waals surface area contributed by atoms with Gasteiger partial charge in [0.25, 0.3) is 0 Å². The van der Waals surface area contributed by atoms with Crippen molar-refractivity contribution in [3.05, 3.63) is 59.1 Å². The summed E-state index contributed by atoms with van der Waals surface area (Å²) in [5.41, 5.74) is 0.676. The van der Waals surface area contributed by atoms with E-state index >= 15 is 0 Å². The number of aliphatic hydroxyl groups excluding tert-OH is 2. The summed E-state index contributed by atoms with van der Waals surface area (Å²) >= 11 is 5.97. The maximum atomic E-state index is 10.0. The van der Waals surface area contributed by atoms with Crippen LogP contribution in [-0.2, 0) is 0 Å². The Labute approximate surface area is 128 Å². The molecular formula is C16H17ClO4. The second kappa shape index (κ2) is 7.31. The monoisotopic (exact) mass is 308 g/mol. The molecule has 0 saturated carbocycles. The lowest BCUT2D eigenvalue weighted by Crippen LogP contribution is -2.27. The van der Waals surface area contributed by atoms with E-state index < -0.39 is 18.8 Å². The topological polar surface area (TPSA) is 58.9 Å². The molecule has 0 heterocycles. The van der Waals surface area contributed by atoms with Crippen molar-refractivity contribution in [2.45, 2.75) is 12.2 Å². The van der Waals surface area contributed by atoms with Gasteiger partial charge in [-0.25, -0.2) is 0 Å². The minimum atomic E-state index is -1.08. The Morgan fingerprint density at radius 1 is 1.10 bits per heavy atom. The number of rotatable bonds is 6. The number of hydrogen-bond donors (Lipinski definition) is 2. The Balaban J connectivity index is 2.33. The standard InChI is InChI=1S/C16H17ClO4/c1-20-14-7-2-3-8-15(14)21-16(13(19)10-18)11-5-4-6-12(17)9-11/h2-9,13,16,18-19H,10H2,1H3. The highest BCUT2D eigenvalue weighted by atomic mass is 35.5. The Morgan fingerprint density at radius 3 is 2.43 bits per heavy atom. The van der Waals surface area contributed by atoms with E-state index in [2.05, 4.69) is 0 Å². The molecule has 0 amide bonds. The molecule has 0 spiro atoms. The zero-order valence-corrected chi connectivity index (χ0v) is 12.3. The first-order chi connectivity index (χ1) is 10.2. The van der Waals surface area contributed by atoms with Gasteiger partial charge in [-0.3, -0.25) is 0 Å². The number of methoxy groups -OCH3 is 1. The Hall–Kier alpha value is -1.75. The summed E-state index contributed by atoms with van der Waals surface area (Å²) in [5, 5.41) is 19.8. The summed E-state index contributed by atoms with van der Waals surface area (Å²) in [4.78, 5) is 0. The zero-order chi connectivity index (χ0) is 15.2. The third-order valence-corrected chi connectivity index (χ3v) is 3.27. The lowest BCUT2D eigenvalue weighted by molar-refractivity contribution is -0.00286.